The quantitative estimate of drug-likeness (QED) is 0.282. The number of imide groups is 1. The molecule has 0 spiro atoms. The van der Waals surface area contributed by atoms with E-state index in [-0.39, 0.29) is 17.9 Å². The van der Waals surface area contributed by atoms with Crippen LogP contribution in [0.3, 0.4) is 0 Å². The Hall–Kier alpha value is -3.90. The van der Waals surface area contributed by atoms with Gasteiger partial charge in [-0.15, -0.1) is 0 Å². The minimum Gasteiger partial charge on any atom is -0.497 e. The zero-order valence-electron chi connectivity index (χ0n) is 20.1. The molecule has 0 bridgehead atoms. The molecule has 2 heterocycles. The lowest BCUT2D eigenvalue weighted by Gasteiger charge is -2.19. The number of fused-ring (bicyclic) bond motifs is 2. The third-order valence-corrected chi connectivity index (χ3v) is 6.69. The summed E-state index contributed by atoms with van der Waals surface area (Å²) in [5.41, 5.74) is 4.52. The number of anilines is 1. The van der Waals surface area contributed by atoms with E-state index in [1.54, 1.807) is 31.4 Å². The molecule has 6 nitrogen and oxygen atoms in total. The smallest absolute Gasteiger partial charge is 0.261 e. The Bertz CT molecular complexity index is 1420. The zero-order chi connectivity index (χ0) is 25.2. The van der Waals surface area contributed by atoms with Gasteiger partial charge in [-0.3, -0.25) is 14.5 Å². The molecule has 0 fully saturated rings. The van der Waals surface area contributed by atoms with Crippen LogP contribution in [0.5, 0.6) is 5.75 Å². The van der Waals surface area contributed by atoms with E-state index < -0.39 is 0 Å². The van der Waals surface area contributed by atoms with Gasteiger partial charge in [0.2, 0.25) is 0 Å². The number of halogens is 1. The number of hydrogen-bond acceptors (Lipinski definition) is 5. The van der Waals surface area contributed by atoms with E-state index >= 15 is 0 Å². The Balaban J connectivity index is 1.31. The number of pyridine rings is 1. The van der Waals surface area contributed by atoms with Crippen molar-refractivity contribution in [2.75, 3.05) is 19.0 Å². The molecule has 3 aromatic carbocycles. The van der Waals surface area contributed by atoms with E-state index in [9.17, 15) is 9.59 Å². The molecule has 1 aliphatic rings. The van der Waals surface area contributed by atoms with Gasteiger partial charge in [-0.25, -0.2) is 4.98 Å². The number of ether oxygens (including phenoxy) is 1. The largest absolute Gasteiger partial charge is 0.497 e. The second-order valence-electron chi connectivity index (χ2n) is 8.95. The molecule has 36 heavy (non-hydrogen) atoms. The number of nitrogens with zero attached hydrogens (tertiary/aromatic N) is 2. The monoisotopic (exact) mass is 499 g/mol. The first-order valence-corrected chi connectivity index (χ1v) is 12.3. The van der Waals surface area contributed by atoms with E-state index in [1.807, 2.05) is 48.5 Å². The maximum atomic E-state index is 12.6. The summed E-state index contributed by atoms with van der Waals surface area (Å²) in [4.78, 5) is 31.5. The molecule has 1 aromatic heterocycles. The van der Waals surface area contributed by atoms with Crippen LogP contribution >= 0.6 is 11.6 Å². The molecule has 4 aromatic rings. The number of benzene rings is 3. The maximum Gasteiger partial charge on any atom is 0.261 e. The summed E-state index contributed by atoms with van der Waals surface area (Å²) < 4.78 is 5.51. The number of hydrogen-bond donors (Lipinski definition) is 1. The number of rotatable bonds is 8. The molecule has 1 N–H and O–H groups in total. The van der Waals surface area contributed by atoms with Crippen LogP contribution in [-0.2, 0) is 0 Å². The molecule has 1 unspecified atom stereocenters. The second-order valence-corrected chi connectivity index (χ2v) is 9.38. The second kappa shape index (κ2) is 9.99. The first-order chi connectivity index (χ1) is 17.4. The van der Waals surface area contributed by atoms with Crippen LogP contribution in [0.2, 0.25) is 5.02 Å². The molecule has 0 saturated heterocycles. The highest BCUT2D eigenvalue weighted by Crippen LogP contribution is 2.32. The van der Waals surface area contributed by atoms with Gasteiger partial charge in [-0.1, -0.05) is 41.9 Å². The zero-order valence-corrected chi connectivity index (χ0v) is 20.9. The van der Waals surface area contributed by atoms with Crippen molar-refractivity contribution in [1.29, 1.82) is 0 Å². The summed E-state index contributed by atoms with van der Waals surface area (Å²) >= 11 is 6.05. The number of carbonyl (C=O) groups is 2. The van der Waals surface area contributed by atoms with Crippen LogP contribution in [0.1, 0.15) is 40.5 Å². The minimum atomic E-state index is -0.214. The maximum absolute atomic E-state index is 12.6. The van der Waals surface area contributed by atoms with Crippen molar-refractivity contribution in [3.8, 4) is 17.0 Å². The van der Waals surface area contributed by atoms with Crippen molar-refractivity contribution >= 4 is 40.0 Å². The van der Waals surface area contributed by atoms with Crippen molar-refractivity contribution in [1.82, 2.24) is 9.88 Å². The van der Waals surface area contributed by atoms with Gasteiger partial charge in [0.05, 0.1) is 35.1 Å². The third kappa shape index (κ3) is 4.64. The Morgan fingerprint density at radius 3 is 2.33 bits per heavy atom. The molecule has 0 radical (unpaired) electrons. The van der Waals surface area contributed by atoms with E-state index in [2.05, 4.69) is 12.2 Å². The molecule has 0 aliphatic carbocycles. The van der Waals surface area contributed by atoms with Gasteiger partial charge in [-0.2, -0.15) is 0 Å². The van der Waals surface area contributed by atoms with E-state index in [0.717, 1.165) is 40.0 Å². The first kappa shape index (κ1) is 23.8. The molecule has 1 atom stereocenters. The fourth-order valence-electron chi connectivity index (χ4n) is 4.55. The molecule has 2 amide bonds. The molecule has 0 saturated carbocycles. The van der Waals surface area contributed by atoms with Crippen molar-refractivity contribution in [2.45, 2.75) is 25.8 Å². The fraction of sp³-hybridized carbons (Fsp3) is 0.207. The molecule has 5 rings (SSSR count). The summed E-state index contributed by atoms with van der Waals surface area (Å²) in [6.45, 7) is 2.47. The summed E-state index contributed by atoms with van der Waals surface area (Å²) in [5, 5.41) is 5.21. The average molecular weight is 500 g/mol. The fourth-order valence-corrected chi connectivity index (χ4v) is 4.68. The highest BCUT2D eigenvalue weighted by atomic mass is 35.5. The predicted octanol–water partition coefficient (Wildman–Crippen LogP) is 6.44. The van der Waals surface area contributed by atoms with Gasteiger partial charge >= 0.3 is 0 Å². The Kier molecular flexibility index (Phi) is 6.61. The summed E-state index contributed by atoms with van der Waals surface area (Å²) in [6, 6.07) is 22.6. The van der Waals surface area contributed by atoms with Gasteiger partial charge < -0.3 is 10.1 Å². The molecule has 1 aliphatic heterocycles. The van der Waals surface area contributed by atoms with Crippen LogP contribution in [0.25, 0.3) is 22.2 Å². The lowest BCUT2D eigenvalue weighted by Crippen LogP contribution is -2.31. The number of methoxy groups -OCH3 is 1. The summed E-state index contributed by atoms with van der Waals surface area (Å²) in [6.07, 6.45) is 1.45. The third-order valence-electron chi connectivity index (χ3n) is 6.44. The minimum absolute atomic E-state index is 0.0801. The number of carbonyl (C=O) groups excluding carboxylic acids is 2. The normalized spacial score (nSPS) is 13.7. The number of amides is 2. The van der Waals surface area contributed by atoms with Crippen LogP contribution in [0.4, 0.5) is 5.69 Å². The lowest BCUT2D eigenvalue weighted by atomic mass is 10.1. The average Bonchev–Trinajstić information content (AvgIpc) is 3.14. The number of aromatic nitrogens is 1. The van der Waals surface area contributed by atoms with E-state index in [4.69, 9.17) is 21.3 Å². The standard InChI is InChI=1S/C29H26ClN3O3/c1-18(6-5-15-33-28(34)23-7-3-4-8-24(23)29(33)35)31-26-17-22(36-2)16-20-11-14-25(32-27(20)26)19-9-12-21(30)13-10-19/h3-4,7-14,16-18,31H,5-6,15H2,1-2H3. The SMILES string of the molecule is COc1cc(NC(C)CCCN2C(=O)c3ccccc3C2=O)c2nc(-c3ccc(Cl)cc3)ccc2c1. The highest BCUT2D eigenvalue weighted by molar-refractivity contribution is 6.30. The van der Waals surface area contributed by atoms with Gasteiger partial charge in [0, 0.05) is 34.6 Å². The highest BCUT2D eigenvalue weighted by Gasteiger charge is 2.34. The van der Waals surface area contributed by atoms with Crippen molar-refractivity contribution in [3.05, 3.63) is 88.9 Å². The predicted molar refractivity (Wildman–Crippen MR) is 143 cm³/mol. The molecule has 182 valence electrons. The first-order valence-electron chi connectivity index (χ1n) is 11.9. The van der Waals surface area contributed by atoms with Crippen molar-refractivity contribution in [3.63, 3.8) is 0 Å². The van der Waals surface area contributed by atoms with Crippen molar-refractivity contribution in [2.24, 2.45) is 0 Å². The molecule has 7 heteroatoms. The van der Waals surface area contributed by atoms with Crippen molar-refractivity contribution < 1.29 is 14.3 Å². The Labute approximate surface area is 214 Å². The van der Waals surface area contributed by atoms with Gasteiger partial charge in [0.15, 0.2) is 0 Å². The molecular weight excluding hydrogens is 474 g/mol. The topological polar surface area (TPSA) is 71.5 Å². The Morgan fingerprint density at radius 1 is 0.972 bits per heavy atom. The van der Waals surface area contributed by atoms with Crippen LogP contribution in [0, 0.1) is 0 Å². The van der Waals surface area contributed by atoms with Crippen LogP contribution in [0.15, 0.2) is 72.8 Å². The van der Waals surface area contributed by atoms with Crippen LogP contribution < -0.4 is 10.1 Å². The summed E-state index contributed by atoms with van der Waals surface area (Å²) in [5.74, 6) is 0.312. The van der Waals surface area contributed by atoms with E-state index in [0.29, 0.717) is 29.1 Å². The van der Waals surface area contributed by atoms with E-state index in [1.165, 1.54) is 4.90 Å². The van der Waals surface area contributed by atoms with Gasteiger partial charge in [0.25, 0.3) is 11.8 Å². The lowest BCUT2D eigenvalue weighted by molar-refractivity contribution is 0.0651. The van der Waals surface area contributed by atoms with Gasteiger partial charge in [0.1, 0.15) is 5.75 Å². The summed E-state index contributed by atoms with van der Waals surface area (Å²) in [7, 11) is 1.64. The number of nitrogens with one attached hydrogen (secondary N) is 1. The van der Waals surface area contributed by atoms with Gasteiger partial charge in [-0.05, 0) is 56.2 Å². The Morgan fingerprint density at radius 2 is 1.67 bits per heavy atom. The van der Waals surface area contributed by atoms with Crippen LogP contribution in [-0.4, -0.2) is 41.4 Å². The molecular formula is C29H26ClN3O3.